The minimum atomic E-state index is -0.537. The van der Waals surface area contributed by atoms with Crippen LogP contribution in [0.5, 0.6) is 0 Å². The topological polar surface area (TPSA) is 125 Å². The SMILES string of the molecule is CC(C)NCCCCC(=O)N1CCC(c2cccc3c(=O)c23)CC1.O=CNC1CCC(=O)NC1=O. The van der Waals surface area contributed by atoms with Crippen LogP contribution in [-0.2, 0) is 19.2 Å². The van der Waals surface area contributed by atoms with Gasteiger partial charge >= 0.3 is 0 Å². The molecule has 0 saturated carbocycles. The quantitative estimate of drug-likeness (QED) is 0.281. The molecule has 1 atom stereocenters. The van der Waals surface area contributed by atoms with Gasteiger partial charge in [-0.25, -0.2) is 0 Å². The molecule has 0 aliphatic carbocycles. The third-order valence-corrected chi connectivity index (χ3v) is 6.67. The van der Waals surface area contributed by atoms with Crippen LogP contribution in [0.15, 0.2) is 23.0 Å². The first-order chi connectivity index (χ1) is 16.8. The van der Waals surface area contributed by atoms with E-state index >= 15 is 0 Å². The summed E-state index contributed by atoms with van der Waals surface area (Å²) in [7, 11) is 0. The molecule has 2 aromatic carbocycles. The maximum Gasteiger partial charge on any atom is 0.249 e. The number of rotatable bonds is 9. The molecule has 9 nitrogen and oxygen atoms in total. The molecule has 2 aromatic rings. The van der Waals surface area contributed by atoms with E-state index in [0.29, 0.717) is 31.2 Å². The summed E-state index contributed by atoms with van der Waals surface area (Å²) < 4.78 is 0. The summed E-state index contributed by atoms with van der Waals surface area (Å²) in [6.07, 6.45) is 5.76. The largest absolute Gasteiger partial charge is 0.347 e. The summed E-state index contributed by atoms with van der Waals surface area (Å²) >= 11 is 0. The van der Waals surface area contributed by atoms with Crippen molar-refractivity contribution in [2.24, 2.45) is 0 Å². The lowest BCUT2D eigenvalue weighted by molar-refractivity contribution is -0.136. The van der Waals surface area contributed by atoms with E-state index in [1.165, 1.54) is 5.56 Å². The number of amides is 4. The van der Waals surface area contributed by atoms with Crippen molar-refractivity contribution in [1.29, 1.82) is 0 Å². The molecular formula is C26H36N4O5. The van der Waals surface area contributed by atoms with Gasteiger partial charge in [-0.3, -0.25) is 29.3 Å². The van der Waals surface area contributed by atoms with Gasteiger partial charge in [0, 0.05) is 42.7 Å². The van der Waals surface area contributed by atoms with Crippen LogP contribution < -0.4 is 21.4 Å². The van der Waals surface area contributed by atoms with Crippen LogP contribution in [0.3, 0.4) is 0 Å². The van der Waals surface area contributed by atoms with Crippen molar-refractivity contribution in [3.05, 3.63) is 34.0 Å². The van der Waals surface area contributed by atoms with Gasteiger partial charge in [0.2, 0.25) is 24.1 Å². The second-order valence-corrected chi connectivity index (χ2v) is 9.61. The van der Waals surface area contributed by atoms with Crippen molar-refractivity contribution in [3.8, 4) is 0 Å². The van der Waals surface area contributed by atoms with Gasteiger partial charge in [0.1, 0.15) is 6.04 Å². The highest BCUT2D eigenvalue weighted by molar-refractivity contribution is 6.01. The van der Waals surface area contributed by atoms with Gasteiger partial charge < -0.3 is 15.5 Å². The maximum atomic E-state index is 12.3. The number of benzene rings is 1. The molecule has 2 saturated heterocycles. The molecule has 2 fully saturated rings. The molecule has 0 spiro atoms. The van der Waals surface area contributed by atoms with Gasteiger partial charge in [-0.2, -0.15) is 0 Å². The molecule has 0 bridgehead atoms. The number of piperidine rings is 2. The number of imide groups is 1. The Bertz CT molecular complexity index is 1050. The van der Waals surface area contributed by atoms with Crippen LogP contribution in [0.2, 0.25) is 0 Å². The highest BCUT2D eigenvalue weighted by atomic mass is 16.2. The highest BCUT2D eigenvalue weighted by Gasteiger charge is 2.28. The van der Waals surface area contributed by atoms with Crippen molar-refractivity contribution in [2.75, 3.05) is 19.6 Å². The number of carbonyl (C=O) groups is 4. The van der Waals surface area contributed by atoms with Gasteiger partial charge in [-0.15, -0.1) is 0 Å². The number of nitrogens with zero attached hydrogens (tertiary/aromatic N) is 1. The Labute approximate surface area is 205 Å². The fourth-order valence-corrected chi connectivity index (χ4v) is 4.63. The number of fused-ring (bicyclic) bond motifs is 1. The zero-order chi connectivity index (χ0) is 25.4. The molecule has 4 rings (SSSR count). The lowest BCUT2D eigenvalue weighted by Crippen LogP contribution is -2.50. The number of likely N-dealkylation sites (tertiary alicyclic amines) is 1. The summed E-state index contributed by atoms with van der Waals surface area (Å²) in [4.78, 5) is 57.4. The van der Waals surface area contributed by atoms with E-state index in [-0.39, 0.29) is 23.7 Å². The van der Waals surface area contributed by atoms with Crippen molar-refractivity contribution >= 4 is 34.9 Å². The minimum Gasteiger partial charge on any atom is -0.347 e. The second kappa shape index (κ2) is 12.6. The average molecular weight is 485 g/mol. The van der Waals surface area contributed by atoms with Crippen molar-refractivity contribution in [1.82, 2.24) is 20.9 Å². The smallest absolute Gasteiger partial charge is 0.249 e. The molecular weight excluding hydrogens is 448 g/mol. The van der Waals surface area contributed by atoms with Gasteiger partial charge in [0.25, 0.3) is 0 Å². The lowest BCUT2D eigenvalue weighted by Gasteiger charge is -2.32. The second-order valence-electron chi connectivity index (χ2n) is 9.61. The Balaban J connectivity index is 0.000000261. The molecule has 1 unspecified atom stereocenters. The molecule has 9 heteroatoms. The Morgan fingerprint density at radius 3 is 2.54 bits per heavy atom. The molecule has 2 aliphatic rings. The monoisotopic (exact) mass is 484 g/mol. The van der Waals surface area contributed by atoms with Crippen molar-refractivity contribution in [3.63, 3.8) is 0 Å². The molecule has 0 radical (unpaired) electrons. The Morgan fingerprint density at radius 2 is 1.89 bits per heavy atom. The number of hydrogen-bond donors (Lipinski definition) is 3. The van der Waals surface area contributed by atoms with Crippen LogP contribution in [0, 0.1) is 0 Å². The van der Waals surface area contributed by atoms with Crippen LogP contribution in [0.4, 0.5) is 0 Å². The standard InChI is InChI=1S/C20H28N2O2.C6H8N2O3/c1-14(2)21-11-4-3-8-18(23)22-12-9-15(10-13-22)16-6-5-7-17-19(16)20(17)24;9-3-7-4-1-2-5(10)8-6(4)11/h5-7,14-15,21H,3-4,8-13H2,1-2H3;3-4H,1-2H2,(H,7,9)(H,8,10,11). The summed E-state index contributed by atoms with van der Waals surface area (Å²) in [6.45, 7) is 6.92. The number of hydrogen-bond acceptors (Lipinski definition) is 6. The molecule has 35 heavy (non-hydrogen) atoms. The van der Waals surface area contributed by atoms with E-state index < -0.39 is 11.9 Å². The van der Waals surface area contributed by atoms with Crippen LogP contribution in [0.25, 0.3) is 10.8 Å². The Kier molecular flexibility index (Phi) is 9.54. The van der Waals surface area contributed by atoms with E-state index in [4.69, 9.17) is 0 Å². The number of unbranched alkanes of at least 4 members (excludes halogenated alkanes) is 1. The van der Waals surface area contributed by atoms with Crippen LogP contribution >= 0.6 is 0 Å². The highest BCUT2D eigenvalue weighted by Crippen LogP contribution is 2.34. The summed E-state index contributed by atoms with van der Waals surface area (Å²) in [5, 5.41) is 9.67. The molecule has 190 valence electrons. The predicted octanol–water partition coefficient (Wildman–Crippen LogP) is 1.49. The third kappa shape index (κ3) is 7.45. The Hall–Kier alpha value is -3.07. The number of nitrogens with one attached hydrogen (secondary N) is 3. The zero-order valence-electron chi connectivity index (χ0n) is 20.6. The summed E-state index contributed by atoms with van der Waals surface area (Å²) in [5.74, 6) is 0.0240. The van der Waals surface area contributed by atoms with Gasteiger partial charge in [0.05, 0.1) is 0 Å². The van der Waals surface area contributed by atoms with E-state index in [2.05, 4.69) is 35.9 Å². The van der Waals surface area contributed by atoms with E-state index in [0.717, 1.165) is 56.1 Å². The summed E-state index contributed by atoms with van der Waals surface area (Å²) in [6, 6.07) is 5.96. The fourth-order valence-electron chi connectivity index (χ4n) is 4.63. The minimum absolute atomic E-state index is 0.225. The molecule has 0 aromatic heterocycles. The van der Waals surface area contributed by atoms with Crippen molar-refractivity contribution < 1.29 is 19.2 Å². The first kappa shape index (κ1) is 26.5. The third-order valence-electron chi connectivity index (χ3n) is 6.67. The Morgan fingerprint density at radius 1 is 1.14 bits per heavy atom. The van der Waals surface area contributed by atoms with Crippen LogP contribution in [0.1, 0.15) is 70.3 Å². The predicted molar refractivity (Wildman–Crippen MR) is 134 cm³/mol. The van der Waals surface area contributed by atoms with E-state index in [1.807, 2.05) is 17.0 Å². The molecule has 4 amide bonds. The maximum absolute atomic E-state index is 12.3. The van der Waals surface area contributed by atoms with Gasteiger partial charge in [-0.1, -0.05) is 32.0 Å². The van der Waals surface area contributed by atoms with Gasteiger partial charge in [-0.05, 0) is 50.1 Å². The van der Waals surface area contributed by atoms with E-state index in [1.54, 1.807) is 0 Å². The number of carbonyl (C=O) groups excluding carboxylic acids is 4. The molecule has 3 N–H and O–H groups in total. The zero-order valence-corrected chi connectivity index (χ0v) is 20.6. The van der Waals surface area contributed by atoms with Gasteiger partial charge in [0.15, 0.2) is 5.43 Å². The van der Waals surface area contributed by atoms with Crippen LogP contribution in [-0.4, -0.2) is 60.7 Å². The first-order valence-electron chi connectivity index (χ1n) is 12.5. The normalized spacial score (nSPS) is 18.9. The molecule has 2 heterocycles. The average Bonchev–Trinajstić information content (AvgIpc) is 3.51. The van der Waals surface area contributed by atoms with E-state index in [9.17, 15) is 24.0 Å². The first-order valence-corrected chi connectivity index (χ1v) is 12.5. The van der Waals surface area contributed by atoms with Crippen molar-refractivity contribution in [2.45, 2.75) is 76.8 Å². The summed E-state index contributed by atoms with van der Waals surface area (Å²) in [5.41, 5.74) is 1.44. The molecule has 2 aliphatic heterocycles. The lowest BCUT2D eigenvalue weighted by atomic mass is 9.89. The fraction of sp³-hybridized carbons (Fsp3) is 0.577.